The van der Waals surface area contributed by atoms with Crippen molar-refractivity contribution in [3.8, 4) is 5.75 Å². The highest BCUT2D eigenvalue weighted by atomic mass is 32.2. The Morgan fingerprint density at radius 2 is 1.62 bits per heavy atom. The number of benzene rings is 3. The molecule has 1 aliphatic heterocycles. The van der Waals surface area contributed by atoms with Gasteiger partial charge in [-0.3, -0.25) is 9.10 Å². The molecule has 3 aromatic rings. The van der Waals surface area contributed by atoms with Gasteiger partial charge in [-0.15, -0.1) is 0 Å². The number of hydrogen-bond acceptors (Lipinski definition) is 6. The number of ether oxygens (including phenoxy) is 1. The van der Waals surface area contributed by atoms with Crippen LogP contribution in [0.15, 0.2) is 82.6 Å². The predicted molar refractivity (Wildman–Crippen MR) is 142 cm³/mol. The molecule has 0 spiro atoms. The van der Waals surface area contributed by atoms with Crippen molar-refractivity contribution in [2.45, 2.75) is 29.6 Å². The molecule has 37 heavy (non-hydrogen) atoms. The first-order chi connectivity index (χ1) is 17.7. The molecule has 11 heteroatoms. The van der Waals surface area contributed by atoms with Crippen molar-refractivity contribution in [2.24, 2.45) is 0 Å². The molecular weight excluding hydrogens is 514 g/mol. The summed E-state index contributed by atoms with van der Waals surface area (Å²) in [5.41, 5.74) is 0.781. The van der Waals surface area contributed by atoms with E-state index in [2.05, 4.69) is 5.32 Å². The lowest BCUT2D eigenvalue weighted by Gasteiger charge is -2.23. The van der Waals surface area contributed by atoms with Gasteiger partial charge in [-0.2, -0.15) is 4.31 Å². The second kappa shape index (κ2) is 10.9. The van der Waals surface area contributed by atoms with Crippen LogP contribution in [0.4, 0.5) is 11.4 Å². The second-order valence-corrected chi connectivity index (χ2v) is 12.3. The highest BCUT2D eigenvalue weighted by Crippen LogP contribution is 2.31. The van der Waals surface area contributed by atoms with E-state index >= 15 is 0 Å². The molecule has 0 aromatic heterocycles. The van der Waals surface area contributed by atoms with Crippen molar-refractivity contribution in [3.63, 3.8) is 0 Å². The molecule has 0 radical (unpaired) electrons. The summed E-state index contributed by atoms with van der Waals surface area (Å²) in [6.07, 6.45) is 1.61. The molecule has 1 aliphatic rings. The Kier molecular flexibility index (Phi) is 7.86. The van der Waals surface area contributed by atoms with Gasteiger partial charge in [0, 0.05) is 25.2 Å². The van der Waals surface area contributed by atoms with E-state index < -0.39 is 26.0 Å². The molecule has 196 valence electrons. The zero-order valence-electron chi connectivity index (χ0n) is 20.6. The number of carbonyl (C=O) groups is 1. The largest absolute Gasteiger partial charge is 0.495 e. The van der Waals surface area contributed by atoms with Gasteiger partial charge in [0.05, 0.1) is 28.3 Å². The van der Waals surface area contributed by atoms with Crippen molar-refractivity contribution in [2.75, 3.05) is 36.4 Å². The number of methoxy groups -OCH3 is 1. The number of nitrogens with zero attached hydrogens (tertiary/aromatic N) is 2. The lowest BCUT2D eigenvalue weighted by molar-refractivity contribution is 0.102. The van der Waals surface area contributed by atoms with Crippen molar-refractivity contribution < 1.29 is 26.4 Å². The monoisotopic (exact) mass is 543 g/mol. The molecule has 0 bridgehead atoms. The molecular formula is C26H29N3O6S2. The first kappa shape index (κ1) is 26.6. The number of anilines is 2. The Hall–Kier alpha value is -3.41. The Balaban J connectivity index is 1.64. The average Bonchev–Trinajstić information content (AvgIpc) is 3.46. The number of para-hydroxylation sites is 1. The zero-order chi connectivity index (χ0) is 26.6. The van der Waals surface area contributed by atoms with E-state index in [9.17, 15) is 21.6 Å². The highest BCUT2D eigenvalue weighted by Gasteiger charge is 2.28. The molecule has 0 unspecified atom stereocenters. The minimum Gasteiger partial charge on any atom is -0.495 e. The molecule has 0 aliphatic carbocycles. The summed E-state index contributed by atoms with van der Waals surface area (Å²) in [5.74, 6) is -0.336. The third kappa shape index (κ3) is 5.48. The minimum atomic E-state index is -3.95. The fourth-order valence-corrected chi connectivity index (χ4v) is 7.29. The maximum atomic E-state index is 13.5. The summed E-state index contributed by atoms with van der Waals surface area (Å²) >= 11 is 0. The van der Waals surface area contributed by atoms with E-state index in [-0.39, 0.29) is 33.3 Å². The SMILES string of the molecule is CCN(c1ccccc1)S(=O)(=O)c1ccc(OC)c(NC(=O)c2cccc(S(=O)(=O)N3CCCC3)c2)c1. The fourth-order valence-electron chi connectivity index (χ4n) is 4.23. The van der Waals surface area contributed by atoms with Crippen LogP contribution in [0.2, 0.25) is 0 Å². The number of amides is 1. The molecule has 1 saturated heterocycles. The third-order valence-corrected chi connectivity index (χ3v) is 9.93. The number of hydrogen-bond donors (Lipinski definition) is 1. The molecule has 3 aromatic carbocycles. The lowest BCUT2D eigenvalue weighted by Crippen LogP contribution is -2.30. The molecule has 4 rings (SSSR count). The molecule has 1 amide bonds. The highest BCUT2D eigenvalue weighted by molar-refractivity contribution is 7.92. The van der Waals surface area contributed by atoms with Gasteiger partial charge < -0.3 is 10.1 Å². The first-order valence-corrected chi connectivity index (χ1v) is 14.7. The maximum Gasteiger partial charge on any atom is 0.264 e. The van der Waals surface area contributed by atoms with Crippen LogP contribution in [0.1, 0.15) is 30.1 Å². The van der Waals surface area contributed by atoms with Crippen molar-refractivity contribution >= 4 is 37.3 Å². The Labute approximate surface area is 217 Å². The van der Waals surface area contributed by atoms with Gasteiger partial charge in [0.25, 0.3) is 15.9 Å². The number of carbonyl (C=O) groups excluding carboxylic acids is 1. The van der Waals surface area contributed by atoms with Crippen LogP contribution in [-0.4, -0.2) is 53.8 Å². The number of rotatable bonds is 9. The van der Waals surface area contributed by atoms with Crippen LogP contribution in [0.25, 0.3) is 0 Å². The standard InChI is InChI=1S/C26H29N3O6S2/c1-3-29(21-11-5-4-6-12-21)37(33,34)23-14-15-25(35-2)24(19-23)27-26(30)20-10-9-13-22(18-20)36(31,32)28-16-7-8-17-28/h4-6,9-15,18-19H,3,7-8,16-17H2,1-2H3,(H,27,30). The van der Waals surface area contributed by atoms with E-state index in [4.69, 9.17) is 4.74 Å². The first-order valence-electron chi connectivity index (χ1n) is 11.9. The van der Waals surface area contributed by atoms with Gasteiger partial charge >= 0.3 is 0 Å². The smallest absolute Gasteiger partial charge is 0.264 e. The van der Waals surface area contributed by atoms with Gasteiger partial charge in [-0.05, 0) is 68.3 Å². The van der Waals surface area contributed by atoms with Crippen LogP contribution in [0.3, 0.4) is 0 Å². The minimum absolute atomic E-state index is 0.0281. The Morgan fingerprint density at radius 1 is 0.919 bits per heavy atom. The number of sulfonamides is 2. The van der Waals surface area contributed by atoms with E-state index in [1.165, 1.54) is 58.2 Å². The molecule has 1 fully saturated rings. The Morgan fingerprint density at radius 3 is 2.27 bits per heavy atom. The summed E-state index contributed by atoms with van der Waals surface area (Å²) < 4.78 is 60.8. The van der Waals surface area contributed by atoms with E-state index in [1.54, 1.807) is 37.3 Å². The van der Waals surface area contributed by atoms with Gasteiger partial charge in [0.1, 0.15) is 5.75 Å². The van der Waals surface area contributed by atoms with Crippen LogP contribution in [0.5, 0.6) is 5.75 Å². The molecule has 1 N–H and O–H groups in total. The van der Waals surface area contributed by atoms with E-state index in [1.807, 2.05) is 0 Å². The average molecular weight is 544 g/mol. The van der Waals surface area contributed by atoms with Crippen LogP contribution >= 0.6 is 0 Å². The molecule has 9 nitrogen and oxygen atoms in total. The summed E-state index contributed by atoms with van der Waals surface area (Å²) in [6, 6.07) is 18.7. The molecule has 0 saturated carbocycles. The molecule has 1 heterocycles. The van der Waals surface area contributed by atoms with Crippen molar-refractivity contribution in [1.29, 1.82) is 0 Å². The van der Waals surface area contributed by atoms with Crippen LogP contribution in [-0.2, 0) is 20.0 Å². The summed E-state index contributed by atoms with van der Waals surface area (Å²) in [5, 5.41) is 2.68. The van der Waals surface area contributed by atoms with Crippen molar-refractivity contribution in [3.05, 3.63) is 78.4 Å². The van der Waals surface area contributed by atoms with Gasteiger partial charge in [0.15, 0.2) is 0 Å². The topological polar surface area (TPSA) is 113 Å². The van der Waals surface area contributed by atoms with Gasteiger partial charge in [0.2, 0.25) is 10.0 Å². The van der Waals surface area contributed by atoms with E-state index in [0.717, 1.165) is 12.8 Å². The second-order valence-electron chi connectivity index (χ2n) is 8.46. The summed E-state index contributed by atoms with van der Waals surface area (Å²) in [6.45, 7) is 2.85. The van der Waals surface area contributed by atoms with E-state index in [0.29, 0.717) is 18.8 Å². The summed E-state index contributed by atoms with van der Waals surface area (Å²) in [7, 11) is -6.24. The quantitative estimate of drug-likeness (QED) is 0.437. The van der Waals surface area contributed by atoms with Gasteiger partial charge in [-0.25, -0.2) is 16.8 Å². The van der Waals surface area contributed by atoms with Crippen molar-refractivity contribution in [1.82, 2.24) is 4.31 Å². The normalized spacial score (nSPS) is 14.3. The van der Waals surface area contributed by atoms with Gasteiger partial charge in [-0.1, -0.05) is 24.3 Å². The maximum absolute atomic E-state index is 13.5. The lowest BCUT2D eigenvalue weighted by atomic mass is 10.2. The number of nitrogens with one attached hydrogen (secondary N) is 1. The zero-order valence-corrected chi connectivity index (χ0v) is 22.3. The Bertz CT molecular complexity index is 1490. The predicted octanol–water partition coefficient (Wildman–Crippen LogP) is 3.95. The fraction of sp³-hybridized carbons (Fsp3) is 0.269. The summed E-state index contributed by atoms with van der Waals surface area (Å²) in [4.78, 5) is 13.1. The molecule has 0 atom stereocenters. The third-order valence-electron chi connectivity index (χ3n) is 6.14. The van der Waals surface area contributed by atoms with Crippen LogP contribution in [0, 0.1) is 0 Å². The van der Waals surface area contributed by atoms with Crippen LogP contribution < -0.4 is 14.4 Å².